The predicted octanol–water partition coefficient (Wildman–Crippen LogP) is 5.00. The number of hydrogen-bond donors (Lipinski definition) is 1. The molecule has 2 aromatic rings. The number of phenolic OH excluding ortho intramolecular Hbond substituents is 1. The summed E-state index contributed by atoms with van der Waals surface area (Å²) in [6.45, 7) is 5.96. The molecule has 2 nitrogen and oxygen atoms in total. The molecule has 3 heteroatoms. The van der Waals surface area contributed by atoms with Gasteiger partial charge >= 0.3 is 0 Å². The van der Waals surface area contributed by atoms with Crippen LogP contribution in [0.2, 0.25) is 0 Å². The fourth-order valence-corrected chi connectivity index (χ4v) is 5.96. The fraction of sp³-hybridized carbons (Fsp3) is 0.455. The van der Waals surface area contributed by atoms with Crippen LogP contribution in [-0.2, 0) is 0 Å². The molecule has 25 heavy (non-hydrogen) atoms. The Balaban J connectivity index is 1.28. The minimum Gasteiger partial charge on any atom is -0.508 e. The van der Waals surface area contributed by atoms with E-state index in [0.717, 1.165) is 23.6 Å². The number of nitrogens with zero attached hydrogens (tertiary/aromatic N) is 1. The fourth-order valence-electron chi connectivity index (χ4n) is 4.57. The van der Waals surface area contributed by atoms with Crippen LogP contribution in [0.1, 0.15) is 31.2 Å². The number of benzene rings is 2. The number of hydrogen-bond acceptors (Lipinski definition) is 3. The van der Waals surface area contributed by atoms with Gasteiger partial charge in [0.25, 0.3) is 0 Å². The van der Waals surface area contributed by atoms with Crippen LogP contribution in [0.3, 0.4) is 0 Å². The maximum Gasteiger partial charge on any atom is 0.115 e. The van der Waals surface area contributed by atoms with E-state index in [1.807, 2.05) is 0 Å². The number of rotatable bonds is 5. The van der Waals surface area contributed by atoms with E-state index < -0.39 is 0 Å². The summed E-state index contributed by atoms with van der Waals surface area (Å²) in [6.07, 6.45) is 2.74. The first kappa shape index (κ1) is 17.0. The molecule has 4 rings (SSSR count). The quantitative estimate of drug-likeness (QED) is 0.818. The third-order valence-electron chi connectivity index (χ3n) is 5.82. The third-order valence-corrected chi connectivity index (χ3v) is 7.09. The molecule has 0 spiro atoms. The van der Waals surface area contributed by atoms with Crippen LogP contribution in [-0.4, -0.2) is 34.9 Å². The van der Waals surface area contributed by atoms with Crippen LogP contribution in [0.25, 0.3) is 0 Å². The lowest BCUT2D eigenvalue weighted by atomic mass is 10.0. The summed E-state index contributed by atoms with van der Waals surface area (Å²) in [5, 5.41) is 10.2. The first-order chi connectivity index (χ1) is 12.2. The molecule has 2 unspecified atom stereocenters. The van der Waals surface area contributed by atoms with E-state index in [1.54, 1.807) is 12.1 Å². The summed E-state index contributed by atoms with van der Waals surface area (Å²) in [5.74, 6) is 2.64. The summed E-state index contributed by atoms with van der Waals surface area (Å²) in [7, 11) is 0. The van der Waals surface area contributed by atoms with Gasteiger partial charge in [-0.1, -0.05) is 37.3 Å². The van der Waals surface area contributed by atoms with Crippen LogP contribution in [0, 0.1) is 11.8 Å². The van der Waals surface area contributed by atoms with Crippen molar-refractivity contribution in [2.45, 2.75) is 35.8 Å². The zero-order valence-corrected chi connectivity index (χ0v) is 15.7. The SMILES string of the molecule is CC(CN1C[C@H]2CC(Sc3ccccc3)C[C@H]2C1)c1ccc(O)cc1. The van der Waals surface area contributed by atoms with Crippen LogP contribution in [0.15, 0.2) is 59.5 Å². The second-order valence-corrected chi connectivity index (χ2v) is 9.13. The van der Waals surface area contributed by atoms with Crippen molar-refractivity contribution in [1.82, 2.24) is 4.90 Å². The van der Waals surface area contributed by atoms with Crippen molar-refractivity contribution in [3.8, 4) is 5.75 Å². The van der Waals surface area contributed by atoms with Crippen molar-refractivity contribution in [3.05, 3.63) is 60.2 Å². The molecule has 2 fully saturated rings. The Morgan fingerprint density at radius 2 is 1.64 bits per heavy atom. The lowest BCUT2D eigenvalue weighted by molar-refractivity contribution is 0.296. The highest BCUT2D eigenvalue weighted by Crippen LogP contribution is 2.45. The molecule has 0 radical (unpaired) electrons. The van der Waals surface area contributed by atoms with Gasteiger partial charge in [0.1, 0.15) is 5.75 Å². The Labute approximate surface area is 155 Å². The molecule has 1 aliphatic heterocycles. The Hall–Kier alpha value is -1.45. The Morgan fingerprint density at radius 3 is 2.28 bits per heavy atom. The summed E-state index contributed by atoms with van der Waals surface area (Å²) >= 11 is 2.08. The van der Waals surface area contributed by atoms with Gasteiger partial charge in [-0.05, 0) is 60.4 Å². The zero-order chi connectivity index (χ0) is 17.2. The zero-order valence-electron chi connectivity index (χ0n) is 14.8. The number of phenols is 1. The molecule has 1 saturated heterocycles. The predicted molar refractivity (Wildman–Crippen MR) is 105 cm³/mol. The highest BCUT2D eigenvalue weighted by molar-refractivity contribution is 8.00. The summed E-state index contributed by atoms with van der Waals surface area (Å²) < 4.78 is 0. The molecule has 0 bridgehead atoms. The normalized spacial score (nSPS) is 27.3. The van der Waals surface area contributed by atoms with Gasteiger partial charge in [-0.25, -0.2) is 0 Å². The highest BCUT2D eigenvalue weighted by Gasteiger charge is 2.41. The van der Waals surface area contributed by atoms with E-state index in [0.29, 0.717) is 11.7 Å². The van der Waals surface area contributed by atoms with Crippen LogP contribution >= 0.6 is 11.8 Å². The maximum atomic E-state index is 9.45. The molecule has 1 aliphatic carbocycles. The average Bonchev–Trinajstić information content (AvgIpc) is 3.14. The van der Waals surface area contributed by atoms with Gasteiger partial charge in [0.15, 0.2) is 0 Å². The molecule has 1 N–H and O–H groups in total. The van der Waals surface area contributed by atoms with Gasteiger partial charge in [-0.3, -0.25) is 0 Å². The number of fused-ring (bicyclic) bond motifs is 1. The second-order valence-electron chi connectivity index (χ2n) is 7.76. The van der Waals surface area contributed by atoms with Gasteiger partial charge in [-0.2, -0.15) is 0 Å². The smallest absolute Gasteiger partial charge is 0.115 e. The number of aromatic hydroxyl groups is 1. The van der Waals surface area contributed by atoms with Crippen molar-refractivity contribution in [3.63, 3.8) is 0 Å². The van der Waals surface area contributed by atoms with Gasteiger partial charge in [0, 0.05) is 29.8 Å². The lowest BCUT2D eigenvalue weighted by Crippen LogP contribution is -2.27. The molecule has 0 amide bonds. The van der Waals surface area contributed by atoms with Gasteiger partial charge in [0.05, 0.1) is 0 Å². The Kier molecular flexibility index (Phi) is 5.05. The highest BCUT2D eigenvalue weighted by atomic mass is 32.2. The summed E-state index contributed by atoms with van der Waals surface area (Å²) in [6, 6.07) is 18.6. The largest absolute Gasteiger partial charge is 0.508 e. The van der Waals surface area contributed by atoms with Crippen LogP contribution in [0.5, 0.6) is 5.75 Å². The number of likely N-dealkylation sites (tertiary alicyclic amines) is 1. The van der Waals surface area contributed by atoms with Crippen molar-refractivity contribution in [2.24, 2.45) is 11.8 Å². The van der Waals surface area contributed by atoms with E-state index in [9.17, 15) is 5.11 Å². The van der Waals surface area contributed by atoms with Crippen molar-refractivity contribution < 1.29 is 5.11 Å². The minimum absolute atomic E-state index is 0.355. The molecule has 1 heterocycles. The van der Waals surface area contributed by atoms with Crippen molar-refractivity contribution in [1.29, 1.82) is 0 Å². The lowest BCUT2D eigenvalue weighted by Gasteiger charge is -2.23. The molecule has 2 aromatic carbocycles. The molecular weight excluding hydrogens is 326 g/mol. The van der Waals surface area contributed by atoms with Crippen molar-refractivity contribution in [2.75, 3.05) is 19.6 Å². The molecule has 4 atom stereocenters. The molecule has 0 aromatic heterocycles. The van der Waals surface area contributed by atoms with E-state index in [4.69, 9.17) is 0 Å². The summed E-state index contributed by atoms with van der Waals surface area (Å²) in [5.41, 5.74) is 1.33. The second kappa shape index (κ2) is 7.43. The maximum absolute atomic E-state index is 9.45. The molecule has 1 saturated carbocycles. The third kappa shape index (κ3) is 4.04. The first-order valence-electron chi connectivity index (χ1n) is 9.40. The first-order valence-corrected chi connectivity index (χ1v) is 10.3. The summed E-state index contributed by atoms with van der Waals surface area (Å²) in [4.78, 5) is 4.08. The standard InChI is InChI=1S/C22H27NOS/c1-16(17-7-9-20(24)10-8-17)13-23-14-18-11-22(12-19(18)15-23)25-21-5-3-2-4-6-21/h2-10,16,18-19,22,24H,11-15H2,1H3/t16?,18-,19+,22?. The molecule has 132 valence electrons. The van der Waals surface area contributed by atoms with E-state index in [2.05, 4.69) is 66.1 Å². The van der Waals surface area contributed by atoms with Crippen molar-refractivity contribution >= 4 is 11.8 Å². The topological polar surface area (TPSA) is 23.5 Å². The van der Waals surface area contributed by atoms with Gasteiger partial charge < -0.3 is 10.0 Å². The average molecular weight is 354 g/mol. The minimum atomic E-state index is 0.355. The molecule has 2 aliphatic rings. The van der Waals surface area contributed by atoms with E-state index in [1.165, 1.54) is 36.4 Å². The van der Waals surface area contributed by atoms with Crippen LogP contribution in [0.4, 0.5) is 0 Å². The van der Waals surface area contributed by atoms with Crippen LogP contribution < -0.4 is 0 Å². The van der Waals surface area contributed by atoms with E-state index in [-0.39, 0.29) is 0 Å². The van der Waals surface area contributed by atoms with Gasteiger partial charge in [-0.15, -0.1) is 11.8 Å². The van der Waals surface area contributed by atoms with E-state index >= 15 is 0 Å². The molecular formula is C22H27NOS. The monoisotopic (exact) mass is 353 g/mol. The Bertz CT molecular complexity index is 673. The Morgan fingerprint density at radius 1 is 1.00 bits per heavy atom. The van der Waals surface area contributed by atoms with Gasteiger partial charge in [0.2, 0.25) is 0 Å². The number of thioether (sulfide) groups is 1.